The lowest BCUT2D eigenvalue weighted by molar-refractivity contribution is -0.126. The van der Waals surface area contributed by atoms with Gasteiger partial charge in [0, 0.05) is 25.0 Å². The molecule has 2 N–H and O–H groups in total. The molecule has 1 saturated heterocycles. The molecule has 20 heavy (non-hydrogen) atoms. The van der Waals surface area contributed by atoms with Gasteiger partial charge in [-0.1, -0.05) is 26.2 Å². The van der Waals surface area contributed by atoms with Crippen molar-refractivity contribution < 1.29 is 9.53 Å². The fourth-order valence-corrected chi connectivity index (χ4v) is 3.33. The van der Waals surface area contributed by atoms with E-state index >= 15 is 0 Å². The van der Waals surface area contributed by atoms with Gasteiger partial charge in [-0.05, 0) is 31.6 Å². The van der Waals surface area contributed by atoms with Crippen LogP contribution in [-0.2, 0) is 9.53 Å². The first kappa shape index (κ1) is 15.8. The molecule has 2 aliphatic rings. The number of hydrogen-bond donors (Lipinski definition) is 2. The molecule has 1 unspecified atom stereocenters. The lowest BCUT2D eigenvalue weighted by Gasteiger charge is -2.29. The maximum absolute atomic E-state index is 12.2. The van der Waals surface area contributed by atoms with Crippen molar-refractivity contribution in [2.24, 2.45) is 11.8 Å². The Morgan fingerprint density at radius 1 is 1.30 bits per heavy atom. The molecular formula is C16H30N2O2. The summed E-state index contributed by atoms with van der Waals surface area (Å²) in [5.41, 5.74) is 0. The zero-order chi connectivity index (χ0) is 14.2. The average molecular weight is 282 g/mol. The van der Waals surface area contributed by atoms with Crippen molar-refractivity contribution >= 4 is 5.91 Å². The molecule has 4 nitrogen and oxygen atoms in total. The van der Waals surface area contributed by atoms with E-state index in [1.54, 1.807) is 0 Å². The van der Waals surface area contributed by atoms with Gasteiger partial charge < -0.3 is 15.4 Å². The molecule has 1 aliphatic carbocycles. The smallest absolute Gasteiger partial charge is 0.223 e. The standard InChI is InChI=1S/C16H30N2O2/c1-2-3-4-13-5-7-14(8-6-13)16(19)18-11-15-12-20-10-9-17-15/h13-15,17H,2-12H2,1H3,(H,18,19). The van der Waals surface area contributed by atoms with Gasteiger partial charge in [-0.15, -0.1) is 0 Å². The quantitative estimate of drug-likeness (QED) is 0.784. The molecule has 4 heteroatoms. The molecule has 0 spiro atoms. The summed E-state index contributed by atoms with van der Waals surface area (Å²) < 4.78 is 5.40. The van der Waals surface area contributed by atoms with E-state index in [4.69, 9.17) is 4.74 Å². The van der Waals surface area contributed by atoms with E-state index in [1.165, 1.54) is 32.1 Å². The maximum atomic E-state index is 12.2. The number of morpholine rings is 1. The van der Waals surface area contributed by atoms with Crippen LogP contribution < -0.4 is 10.6 Å². The van der Waals surface area contributed by atoms with Gasteiger partial charge in [0.15, 0.2) is 0 Å². The third kappa shape index (κ3) is 5.06. The summed E-state index contributed by atoms with van der Waals surface area (Å²) in [4.78, 5) is 12.2. The van der Waals surface area contributed by atoms with E-state index in [9.17, 15) is 4.79 Å². The number of nitrogens with one attached hydrogen (secondary N) is 2. The monoisotopic (exact) mass is 282 g/mol. The summed E-state index contributed by atoms with van der Waals surface area (Å²) in [6.45, 7) is 5.34. The van der Waals surface area contributed by atoms with E-state index in [-0.39, 0.29) is 17.9 Å². The highest BCUT2D eigenvalue weighted by Crippen LogP contribution is 2.31. The van der Waals surface area contributed by atoms with Crippen LogP contribution in [0.1, 0.15) is 51.9 Å². The Balaban J connectivity index is 1.61. The first-order chi connectivity index (χ1) is 9.79. The molecule has 1 heterocycles. The predicted octanol–water partition coefficient (Wildman–Crippen LogP) is 2.09. The molecule has 2 fully saturated rings. The van der Waals surface area contributed by atoms with Gasteiger partial charge in [0.25, 0.3) is 0 Å². The van der Waals surface area contributed by atoms with E-state index in [0.29, 0.717) is 13.2 Å². The number of carbonyl (C=O) groups is 1. The minimum absolute atomic E-state index is 0.248. The molecule has 0 aromatic rings. The lowest BCUT2D eigenvalue weighted by Crippen LogP contribution is -2.49. The van der Waals surface area contributed by atoms with Crippen LogP contribution in [0.25, 0.3) is 0 Å². The fourth-order valence-electron chi connectivity index (χ4n) is 3.33. The molecule has 1 saturated carbocycles. The van der Waals surface area contributed by atoms with Crippen molar-refractivity contribution in [3.63, 3.8) is 0 Å². The van der Waals surface area contributed by atoms with E-state index in [1.807, 2.05) is 0 Å². The van der Waals surface area contributed by atoms with Gasteiger partial charge >= 0.3 is 0 Å². The van der Waals surface area contributed by atoms with E-state index in [0.717, 1.165) is 31.9 Å². The number of carbonyl (C=O) groups excluding carboxylic acids is 1. The Kier molecular flexibility index (Phi) is 6.80. The number of rotatable bonds is 6. The summed E-state index contributed by atoms with van der Waals surface area (Å²) in [7, 11) is 0. The second-order valence-electron chi connectivity index (χ2n) is 6.33. The highest BCUT2D eigenvalue weighted by Gasteiger charge is 2.26. The molecule has 1 aliphatic heterocycles. The zero-order valence-electron chi connectivity index (χ0n) is 12.8. The van der Waals surface area contributed by atoms with Gasteiger partial charge in [0.2, 0.25) is 5.91 Å². The summed E-state index contributed by atoms with van der Waals surface area (Å²) in [6.07, 6.45) is 8.62. The number of amides is 1. The third-order valence-electron chi connectivity index (χ3n) is 4.70. The number of ether oxygens (including phenoxy) is 1. The Hall–Kier alpha value is -0.610. The largest absolute Gasteiger partial charge is 0.378 e. The van der Waals surface area contributed by atoms with E-state index < -0.39 is 0 Å². The summed E-state index contributed by atoms with van der Waals surface area (Å²) in [5.74, 6) is 1.37. The second-order valence-corrected chi connectivity index (χ2v) is 6.33. The third-order valence-corrected chi connectivity index (χ3v) is 4.70. The predicted molar refractivity (Wildman–Crippen MR) is 80.6 cm³/mol. The van der Waals surface area contributed by atoms with Crippen molar-refractivity contribution in [2.75, 3.05) is 26.3 Å². The van der Waals surface area contributed by atoms with Gasteiger partial charge in [-0.25, -0.2) is 0 Å². The van der Waals surface area contributed by atoms with Gasteiger partial charge in [-0.2, -0.15) is 0 Å². The molecule has 0 aromatic heterocycles. The Morgan fingerprint density at radius 3 is 2.75 bits per heavy atom. The molecular weight excluding hydrogens is 252 g/mol. The van der Waals surface area contributed by atoms with Crippen molar-refractivity contribution in [2.45, 2.75) is 57.9 Å². The lowest BCUT2D eigenvalue weighted by atomic mass is 9.79. The van der Waals surface area contributed by atoms with Crippen LogP contribution in [0.2, 0.25) is 0 Å². The van der Waals surface area contributed by atoms with Crippen LogP contribution in [-0.4, -0.2) is 38.3 Å². The SMILES string of the molecule is CCCCC1CCC(C(=O)NCC2COCCN2)CC1. The molecule has 0 radical (unpaired) electrons. The van der Waals surface area contributed by atoms with Crippen molar-refractivity contribution in [1.82, 2.24) is 10.6 Å². The van der Waals surface area contributed by atoms with Gasteiger partial charge in [0.1, 0.15) is 0 Å². The van der Waals surface area contributed by atoms with Crippen LogP contribution in [0.3, 0.4) is 0 Å². The van der Waals surface area contributed by atoms with Crippen molar-refractivity contribution in [3.8, 4) is 0 Å². The minimum atomic E-state index is 0.248. The van der Waals surface area contributed by atoms with Crippen molar-refractivity contribution in [3.05, 3.63) is 0 Å². The normalized spacial score (nSPS) is 30.9. The maximum Gasteiger partial charge on any atom is 0.223 e. The number of hydrogen-bond acceptors (Lipinski definition) is 3. The summed E-state index contributed by atoms with van der Waals surface area (Å²) in [5, 5.41) is 6.47. The summed E-state index contributed by atoms with van der Waals surface area (Å²) >= 11 is 0. The molecule has 0 aromatic carbocycles. The molecule has 0 bridgehead atoms. The molecule has 1 amide bonds. The van der Waals surface area contributed by atoms with Gasteiger partial charge in [0.05, 0.1) is 13.2 Å². The van der Waals surface area contributed by atoms with Crippen LogP contribution in [0, 0.1) is 11.8 Å². The fraction of sp³-hybridized carbons (Fsp3) is 0.938. The van der Waals surface area contributed by atoms with Crippen LogP contribution >= 0.6 is 0 Å². The van der Waals surface area contributed by atoms with Crippen LogP contribution in [0.5, 0.6) is 0 Å². The first-order valence-corrected chi connectivity index (χ1v) is 8.38. The topological polar surface area (TPSA) is 50.4 Å². The highest BCUT2D eigenvalue weighted by atomic mass is 16.5. The van der Waals surface area contributed by atoms with E-state index in [2.05, 4.69) is 17.6 Å². The molecule has 116 valence electrons. The Bertz CT molecular complexity index is 282. The average Bonchev–Trinajstić information content (AvgIpc) is 2.52. The minimum Gasteiger partial charge on any atom is -0.378 e. The molecule has 2 rings (SSSR count). The zero-order valence-corrected chi connectivity index (χ0v) is 12.8. The van der Waals surface area contributed by atoms with Crippen LogP contribution in [0.15, 0.2) is 0 Å². The van der Waals surface area contributed by atoms with Crippen molar-refractivity contribution in [1.29, 1.82) is 0 Å². The highest BCUT2D eigenvalue weighted by molar-refractivity contribution is 5.78. The Morgan fingerprint density at radius 2 is 2.10 bits per heavy atom. The number of unbranched alkanes of at least 4 members (excludes halogenated alkanes) is 1. The van der Waals surface area contributed by atoms with Gasteiger partial charge in [-0.3, -0.25) is 4.79 Å². The first-order valence-electron chi connectivity index (χ1n) is 8.38. The Labute approximate surface area is 123 Å². The summed E-state index contributed by atoms with van der Waals surface area (Å²) in [6, 6.07) is 0.286. The molecule has 1 atom stereocenters. The second kappa shape index (κ2) is 8.63. The van der Waals surface area contributed by atoms with Crippen LogP contribution in [0.4, 0.5) is 0 Å².